The first-order valence-electron chi connectivity index (χ1n) is 5.09. The molecule has 0 saturated carbocycles. The number of nitrogen functional groups attached to an aromatic ring is 1. The summed E-state index contributed by atoms with van der Waals surface area (Å²) in [5, 5.41) is 0.615. The number of pyridine rings is 1. The lowest BCUT2D eigenvalue weighted by atomic mass is 10.3. The lowest BCUT2D eigenvalue weighted by Crippen LogP contribution is -1.96. The second-order valence-electron chi connectivity index (χ2n) is 3.67. The molecule has 3 rings (SSSR count). The summed E-state index contributed by atoms with van der Waals surface area (Å²) in [7, 11) is 0. The maximum Gasteiger partial charge on any atom is 0.164 e. The summed E-state index contributed by atoms with van der Waals surface area (Å²) >= 11 is 6.16. The average molecular weight is 245 g/mol. The normalized spacial score (nSPS) is 10.9. The minimum Gasteiger partial charge on any atom is -0.399 e. The van der Waals surface area contributed by atoms with E-state index in [1.165, 1.54) is 0 Å². The van der Waals surface area contributed by atoms with Crippen molar-refractivity contribution in [2.75, 3.05) is 5.73 Å². The topological polar surface area (TPSA) is 56.7 Å². The second-order valence-corrected chi connectivity index (χ2v) is 4.08. The third-order valence-electron chi connectivity index (χ3n) is 2.54. The van der Waals surface area contributed by atoms with Crippen LogP contribution in [0.1, 0.15) is 0 Å². The zero-order valence-corrected chi connectivity index (χ0v) is 9.59. The number of benzene rings is 1. The van der Waals surface area contributed by atoms with Crippen molar-refractivity contribution in [1.29, 1.82) is 0 Å². The zero-order chi connectivity index (χ0) is 11.8. The van der Waals surface area contributed by atoms with Crippen LogP contribution in [0.4, 0.5) is 5.69 Å². The van der Waals surface area contributed by atoms with Crippen LogP contribution >= 0.6 is 11.6 Å². The first-order valence-corrected chi connectivity index (χ1v) is 5.47. The largest absolute Gasteiger partial charge is 0.399 e. The number of anilines is 1. The van der Waals surface area contributed by atoms with Gasteiger partial charge >= 0.3 is 0 Å². The van der Waals surface area contributed by atoms with Gasteiger partial charge < -0.3 is 5.73 Å². The third-order valence-corrected chi connectivity index (χ3v) is 2.86. The Morgan fingerprint density at radius 3 is 2.94 bits per heavy atom. The molecule has 2 aromatic heterocycles. The van der Waals surface area contributed by atoms with Crippen molar-refractivity contribution in [3.05, 3.63) is 47.9 Å². The average Bonchev–Trinajstić information content (AvgIpc) is 2.76. The maximum absolute atomic E-state index is 6.16. The second kappa shape index (κ2) is 3.75. The molecule has 0 aliphatic carbocycles. The van der Waals surface area contributed by atoms with Crippen molar-refractivity contribution in [3.63, 3.8) is 0 Å². The summed E-state index contributed by atoms with van der Waals surface area (Å²) < 4.78 is 1.83. The molecule has 0 bridgehead atoms. The highest BCUT2D eigenvalue weighted by molar-refractivity contribution is 6.32. The minimum atomic E-state index is 0.615. The van der Waals surface area contributed by atoms with Crippen LogP contribution in [0.5, 0.6) is 0 Å². The fourth-order valence-corrected chi connectivity index (χ4v) is 1.95. The van der Waals surface area contributed by atoms with E-state index in [9.17, 15) is 0 Å². The van der Waals surface area contributed by atoms with Crippen molar-refractivity contribution in [3.8, 4) is 5.69 Å². The summed E-state index contributed by atoms with van der Waals surface area (Å²) in [6, 6.07) is 9.08. The molecule has 0 aliphatic rings. The summed E-state index contributed by atoms with van der Waals surface area (Å²) in [6.07, 6.45) is 3.42. The van der Waals surface area contributed by atoms with E-state index in [0.29, 0.717) is 10.7 Å². The molecule has 0 aliphatic heterocycles. The maximum atomic E-state index is 6.16. The van der Waals surface area contributed by atoms with Crippen LogP contribution in [0.3, 0.4) is 0 Å². The molecular formula is C12H9ClN4. The minimum absolute atomic E-state index is 0.615. The van der Waals surface area contributed by atoms with Gasteiger partial charge in [-0.1, -0.05) is 11.6 Å². The van der Waals surface area contributed by atoms with Crippen LogP contribution < -0.4 is 5.73 Å². The Morgan fingerprint density at radius 2 is 2.06 bits per heavy atom. The van der Waals surface area contributed by atoms with Gasteiger partial charge in [0.05, 0.1) is 10.7 Å². The molecule has 2 N–H and O–H groups in total. The van der Waals surface area contributed by atoms with Gasteiger partial charge in [0, 0.05) is 11.9 Å². The lowest BCUT2D eigenvalue weighted by Gasteiger charge is -2.06. The summed E-state index contributed by atoms with van der Waals surface area (Å²) in [5.74, 6) is 0. The first-order chi connectivity index (χ1) is 8.25. The molecule has 0 unspecified atom stereocenters. The summed E-state index contributed by atoms with van der Waals surface area (Å²) in [6.45, 7) is 0. The Labute approximate surface area is 103 Å². The molecule has 84 valence electrons. The van der Waals surface area contributed by atoms with Gasteiger partial charge in [-0.2, -0.15) is 0 Å². The fourth-order valence-electron chi connectivity index (χ4n) is 1.74. The Morgan fingerprint density at radius 1 is 1.18 bits per heavy atom. The Balaban J connectivity index is 2.31. The van der Waals surface area contributed by atoms with Gasteiger partial charge in [-0.3, -0.25) is 4.57 Å². The SMILES string of the molecule is Nc1ccc(Cl)c(-n2cnc3cccnc32)c1. The number of rotatable bonds is 1. The highest BCUT2D eigenvalue weighted by Crippen LogP contribution is 2.25. The van der Waals surface area contributed by atoms with Crippen molar-refractivity contribution < 1.29 is 0 Å². The van der Waals surface area contributed by atoms with Crippen molar-refractivity contribution in [2.24, 2.45) is 0 Å². The number of nitrogens with two attached hydrogens (primary N) is 1. The molecule has 1 aromatic carbocycles. The van der Waals surface area contributed by atoms with Crippen LogP contribution in [-0.2, 0) is 0 Å². The monoisotopic (exact) mass is 244 g/mol. The number of nitrogens with zero attached hydrogens (tertiary/aromatic N) is 3. The number of imidazole rings is 1. The zero-order valence-electron chi connectivity index (χ0n) is 8.84. The summed E-state index contributed by atoms with van der Waals surface area (Å²) in [5.41, 5.74) is 8.79. The molecule has 0 amide bonds. The van der Waals surface area contributed by atoms with E-state index in [1.54, 1.807) is 30.7 Å². The predicted octanol–water partition coefficient (Wildman–Crippen LogP) is 2.66. The van der Waals surface area contributed by atoms with E-state index in [4.69, 9.17) is 17.3 Å². The molecule has 17 heavy (non-hydrogen) atoms. The van der Waals surface area contributed by atoms with Crippen molar-refractivity contribution >= 4 is 28.5 Å². The molecule has 5 heteroatoms. The molecule has 4 nitrogen and oxygen atoms in total. The molecule has 3 aromatic rings. The van der Waals surface area contributed by atoms with Gasteiger partial charge in [-0.25, -0.2) is 9.97 Å². The first kappa shape index (κ1) is 10.1. The predicted molar refractivity (Wildman–Crippen MR) is 68.3 cm³/mol. The molecule has 0 fully saturated rings. The van der Waals surface area contributed by atoms with Crippen LogP contribution in [0.2, 0.25) is 5.02 Å². The van der Waals surface area contributed by atoms with Crippen molar-refractivity contribution in [2.45, 2.75) is 0 Å². The van der Waals surface area contributed by atoms with Crippen LogP contribution in [0.25, 0.3) is 16.9 Å². The number of hydrogen-bond acceptors (Lipinski definition) is 3. The van der Waals surface area contributed by atoms with E-state index in [0.717, 1.165) is 16.9 Å². The molecular weight excluding hydrogens is 236 g/mol. The Kier molecular flexibility index (Phi) is 2.23. The highest BCUT2D eigenvalue weighted by atomic mass is 35.5. The number of hydrogen-bond donors (Lipinski definition) is 1. The quantitative estimate of drug-likeness (QED) is 0.670. The Bertz CT molecular complexity index is 690. The molecule has 0 radical (unpaired) electrons. The van der Waals surface area contributed by atoms with Gasteiger partial charge in [0.2, 0.25) is 0 Å². The van der Waals surface area contributed by atoms with E-state index in [-0.39, 0.29) is 0 Å². The highest BCUT2D eigenvalue weighted by Gasteiger charge is 2.08. The number of aromatic nitrogens is 3. The van der Waals surface area contributed by atoms with Crippen molar-refractivity contribution in [1.82, 2.24) is 14.5 Å². The Hall–Kier alpha value is -2.07. The smallest absolute Gasteiger partial charge is 0.164 e. The van der Waals surface area contributed by atoms with Crippen LogP contribution in [-0.4, -0.2) is 14.5 Å². The standard InChI is InChI=1S/C12H9ClN4/c13-9-4-3-8(14)6-11(9)17-7-16-10-2-1-5-15-12(10)17/h1-7H,14H2. The molecule has 0 spiro atoms. The third kappa shape index (κ3) is 1.62. The number of fused-ring (bicyclic) bond motifs is 1. The van der Waals surface area contributed by atoms with Gasteiger partial charge in [0.1, 0.15) is 11.8 Å². The molecule has 2 heterocycles. The van der Waals surface area contributed by atoms with E-state index < -0.39 is 0 Å². The number of halogens is 1. The van der Waals surface area contributed by atoms with Gasteiger partial charge in [-0.05, 0) is 30.3 Å². The van der Waals surface area contributed by atoms with E-state index in [2.05, 4.69) is 9.97 Å². The molecule has 0 atom stereocenters. The van der Waals surface area contributed by atoms with E-state index in [1.807, 2.05) is 16.7 Å². The molecule has 0 saturated heterocycles. The van der Waals surface area contributed by atoms with Gasteiger partial charge in [-0.15, -0.1) is 0 Å². The van der Waals surface area contributed by atoms with Crippen LogP contribution in [0, 0.1) is 0 Å². The van der Waals surface area contributed by atoms with Gasteiger partial charge in [0.15, 0.2) is 5.65 Å². The lowest BCUT2D eigenvalue weighted by molar-refractivity contribution is 1.07. The van der Waals surface area contributed by atoms with E-state index >= 15 is 0 Å². The van der Waals surface area contributed by atoms with Crippen LogP contribution in [0.15, 0.2) is 42.9 Å². The summed E-state index contributed by atoms with van der Waals surface area (Å²) in [4.78, 5) is 8.56. The fraction of sp³-hybridized carbons (Fsp3) is 0. The van der Waals surface area contributed by atoms with Gasteiger partial charge in [0.25, 0.3) is 0 Å².